The molecule has 0 unspecified atom stereocenters. The van der Waals surface area contributed by atoms with E-state index in [1.165, 1.54) is 13.2 Å². The Morgan fingerprint density at radius 2 is 1.75 bits per heavy atom. The van der Waals surface area contributed by atoms with E-state index in [4.69, 9.17) is 4.74 Å². The Morgan fingerprint density at radius 1 is 0.972 bits per heavy atom. The molecule has 0 radical (unpaired) electrons. The fourth-order valence-electron chi connectivity index (χ4n) is 3.99. The maximum absolute atomic E-state index is 14.9. The molecule has 0 aliphatic carbocycles. The van der Waals surface area contributed by atoms with Gasteiger partial charge in [0.2, 0.25) is 0 Å². The first-order valence-electron chi connectivity index (χ1n) is 11.6. The van der Waals surface area contributed by atoms with Crippen LogP contribution in [0.3, 0.4) is 0 Å². The minimum Gasteiger partial charge on any atom is -0.495 e. The number of amides is 4. The lowest BCUT2D eigenvalue weighted by atomic mass is 10.2. The standard InChI is InChI=1S/C26H29FN6O3/c1-17-6-9-23(36-3)21(15-17)30-25(34)29-19-7-8-22(20(27)16-19)32-11-13-33(14-12-32)26(35)31-24-18(2)5-4-10-28-24/h4-10,15-16H,11-14H2,1-3H3,(H,28,31,35)(H2,29,30,34). The molecule has 9 nitrogen and oxygen atoms in total. The second kappa shape index (κ2) is 10.9. The van der Waals surface area contributed by atoms with E-state index in [1.807, 2.05) is 36.9 Å². The normalized spacial score (nSPS) is 13.2. The SMILES string of the molecule is COc1ccc(C)cc1NC(=O)Nc1ccc(N2CCN(C(=O)Nc3ncccc3C)CC2)c(F)c1. The second-order valence-electron chi connectivity index (χ2n) is 8.52. The molecule has 3 aromatic rings. The Balaban J connectivity index is 1.33. The Hall–Kier alpha value is -4.34. The highest BCUT2D eigenvalue weighted by Crippen LogP contribution is 2.27. The molecule has 0 spiro atoms. The van der Waals surface area contributed by atoms with E-state index in [1.54, 1.807) is 35.4 Å². The van der Waals surface area contributed by atoms with Gasteiger partial charge in [0.05, 0.1) is 18.5 Å². The average molecular weight is 493 g/mol. The minimum absolute atomic E-state index is 0.229. The molecule has 3 N–H and O–H groups in total. The molecule has 188 valence electrons. The predicted molar refractivity (Wildman–Crippen MR) is 139 cm³/mol. The summed E-state index contributed by atoms with van der Waals surface area (Å²) in [5.74, 6) is 0.604. The number of piperazine rings is 1. The lowest BCUT2D eigenvalue weighted by Gasteiger charge is -2.36. The first-order valence-corrected chi connectivity index (χ1v) is 11.6. The molecule has 1 aliphatic heterocycles. The Morgan fingerprint density at radius 3 is 2.44 bits per heavy atom. The molecule has 1 saturated heterocycles. The van der Waals surface area contributed by atoms with Gasteiger partial charge in [-0.3, -0.25) is 5.32 Å². The van der Waals surface area contributed by atoms with Crippen molar-refractivity contribution in [2.24, 2.45) is 0 Å². The minimum atomic E-state index is -0.506. The number of methoxy groups -OCH3 is 1. The van der Waals surface area contributed by atoms with Gasteiger partial charge in [0.25, 0.3) is 0 Å². The van der Waals surface area contributed by atoms with E-state index in [0.29, 0.717) is 54.8 Å². The lowest BCUT2D eigenvalue weighted by molar-refractivity contribution is 0.208. The van der Waals surface area contributed by atoms with Crippen LogP contribution in [0.1, 0.15) is 11.1 Å². The van der Waals surface area contributed by atoms with Gasteiger partial charge >= 0.3 is 12.1 Å². The van der Waals surface area contributed by atoms with E-state index < -0.39 is 11.8 Å². The van der Waals surface area contributed by atoms with Crippen LogP contribution in [0.4, 0.5) is 36.9 Å². The van der Waals surface area contributed by atoms with Crippen LogP contribution in [0.2, 0.25) is 0 Å². The number of carbonyl (C=O) groups is 2. The fraction of sp³-hybridized carbons (Fsp3) is 0.269. The van der Waals surface area contributed by atoms with Gasteiger partial charge in [0.15, 0.2) is 0 Å². The van der Waals surface area contributed by atoms with E-state index in [2.05, 4.69) is 20.9 Å². The van der Waals surface area contributed by atoms with Crippen LogP contribution in [-0.4, -0.2) is 55.2 Å². The zero-order valence-corrected chi connectivity index (χ0v) is 20.5. The molecule has 1 aliphatic rings. The third-order valence-electron chi connectivity index (χ3n) is 5.95. The van der Waals surface area contributed by atoms with Crippen molar-refractivity contribution in [3.63, 3.8) is 0 Å². The number of nitrogens with zero attached hydrogens (tertiary/aromatic N) is 3. The number of halogens is 1. The van der Waals surface area contributed by atoms with Crippen LogP contribution in [0.5, 0.6) is 5.75 Å². The quantitative estimate of drug-likeness (QED) is 0.473. The maximum Gasteiger partial charge on any atom is 0.323 e. The number of carbonyl (C=O) groups excluding carboxylic acids is 2. The summed E-state index contributed by atoms with van der Waals surface area (Å²) in [4.78, 5) is 32.8. The van der Waals surface area contributed by atoms with Crippen molar-refractivity contribution in [2.75, 3.05) is 54.1 Å². The van der Waals surface area contributed by atoms with Crippen LogP contribution in [0.25, 0.3) is 0 Å². The summed E-state index contributed by atoms with van der Waals surface area (Å²) in [5.41, 5.74) is 3.11. The summed E-state index contributed by atoms with van der Waals surface area (Å²) >= 11 is 0. The zero-order valence-electron chi connectivity index (χ0n) is 20.5. The summed E-state index contributed by atoms with van der Waals surface area (Å²) in [6.45, 7) is 5.63. The highest BCUT2D eigenvalue weighted by molar-refractivity contribution is 6.00. The van der Waals surface area contributed by atoms with Crippen LogP contribution >= 0.6 is 0 Å². The van der Waals surface area contributed by atoms with E-state index in [9.17, 15) is 14.0 Å². The number of rotatable bonds is 5. The van der Waals surface area contributed by atoms with Gasteiger partial charge in [-0.15, -0.1) is 0 Å². The highest BCUT2D eigenvalue weighted by atomic mass is 19.1. The van der Waals surface area contributed by atoms with Crippen molar-refractivity contribution in [3.8, 4) is 5.75 Å². The summed E-state index contributed by atoms with van der Waals surface area (Å²) < 4.78 is 20.2. The van der Waals surface area contributed by atoms with E-state index in [-0.39, 0.29) is 6.03 Å². The molecule has 10 heteroatoms. The van der Waals surface area contributed by atoms with Crippen molar-refractivity contribution in [1.82, 2.24) is 9.88 Å². The number of aryl methyl sites for hydroxylation is 2. The monoisotopic (exact) mass is 492 g/mol. The Bertz CT molecular complexity index is 1260. The molecule has 0 saturated carbocycles. The highest BCUT2D eigenvalue weighted by Gasteiger charge is 2.23. The van der Waals surface area contributed by atoms with Gasteiger partial charge < -0.3 is 25.2 Å². The molecule has 1 fully saturated rings. The van der Waals surface area contributed by atoms with Crippen molar-refractivity contribution in [1.29, 1.82) is 0 Å². The molecule has 36 heavy (non-hydrogen) atoms. The molecule has 0 atom stereocenters. The Kier molecular flexibility index (Phi) is 7.53. The summed E-state index contributed by atoms with van der Waals surface area (Å²) in [6.07, 6.45) is 1.63. The number of hydrogen-bond acceptors (Lipinski definition) is 5. The average Bonchev–Trinajstić information content (AvgIpc) is 2.86. The third-order valence-corrected chi connectivity index (χ3v) is 5.95. The van der Waals surface area contributed by atoms with Crippen molar-refractivity contribution >= 4 is 34.9 Å². The van der Waals surface area contributed by atoms with Crippen LogP contribution in [-0.2, 0) is 0 Å². The molecule has 4 amide bonds. The largest absolute Gasteiger partial charge is 0.495 e. The number of nitrogens with one attached hydrogen (secondary N) is 3. The topological polar surface area (TPSA) is 98.8 Å². The van der Waals surface area contributed by atoms with Crippen LogP contribution in [0.15, 0.2) is 54.7 Å². The lowest BCUT2D eigenvalue weighted by Crippen LogP contribution is -2.50. The molecular weight excluding hydrogens is 463 g/mol. The smallest absolute Gasteiger partial charge is 0.323 e. The molecule has 4 rings (SSSR count). The zero-order chi connectivity index (χ0) is 25.7. The predicted octanol–water partition coefficient (Wildman–Crippen LogP) is 4.84. The molecular formula is C26H29FN6O3. The Labute approximate surface area is 209 Å². The maximum atomic E-state index is 14.9. The number of ether oxygens (including phenoxy) is 1. The van der Waals surface area contributed by atoms with Gasteiger partial charge in [-0.1, -0.05) is 12.1 Å². The molecule has 0 bridgehead atoms. The fourth-order valence-corrected chi connectivity index (χ4v) is 3.99. The first kappa shape index (κ1) is 24.8. The van der Waals surface area contributed by atoms with E-state index in [0.717, 1.165) is 11.1 Å². The van der Waals surface area contributed by atoms with Crippen LogP contribution in [0, 0.1) is 19.7 Å². The van der Waals surface area contributed by atoms with Gasteiger partial charge in [-0.05, 0) is 61.4 Å². The third kappa shape index (κ3) is 5.83. The summed E-state index contributed by atoms with van der Waals surface area (Å²) in [5, 5.41) is 8.21. The number of anilines is 4. The van der Waals surface area contributed by atoms with Gasteiger partial charge in [-0.2, -0.15) is 0 Å². The van der Waals surface area contributed by atoms with Gasteiger partial charge in [0.1, 0.15) is 17.4 Å². The molecule has 2 heterocycles. The van der Waals surface area contributed by atoms with Gasteiger partial charge in [-0.25, -0.2) is 19.0 Å². The molecule has 1 aromatic heterocycles. The van der Waals surface area contributed by atoms with Crippen molar-refractivity contribution in [3.05, 3.63) is 71.7 Å². The summed E-state index contributed by atoms with van der Waals surface area (Å²) in [6, 6.07) is 13.0. The van der Waals surface area contributed by atoms with Crippen molar-refractivity contribution in [2.45, 2.75) is 13.8 Å². The number of hydrogen-bond donors (Lipinski definition) is 3. The molecule has 2 aromatic carbocycles. The first-order chi connectivity index (χ1) is 17.3. The number of urea groups is 2. The van der Waals surface area contributed by atoms with E-state index >= 15 is 0 Å². The number of benzene rings is 2. The van der Waals surface area contributed by atoms with Crippen LogP contribution < -0.4 is 25.6 Å². The number of pyridine rings is 1. The van der Waals surface area contributed by atoms with Crippen molar-refractivity contribution < 1.29 is 18.7 Å². The summed E-state index contributed by atoms with van der Waals surface area (Å²) in [7, 11) is 1.52. The second-order valence-corrected chi connectivity index (χ2v) is 8.52. The van der Waals surface area contributed by atoms with Gasteiger partial charge in [0, 0.05) is 38.1 Å². The number of aromatic nitrogens is 1.